The third-order valence-corrected chi connectivity index (χ3v) is 3.40. The fourth-order valence-electron chi connectivity index (χ4n) is 1.71. The van der Waals surface area contributed by atoms with Gasteiger partial charge in [-0.25, -0.2) is 14.1 Å². The predicted octanol–water partition coefficient (Wildman–Crippen LogP) is 2.07. The molecule has 0 spiro atoms. The van der Waals surface area contributed by atoms with Crippen LogP contribution in [0.15, 0.2) is 47.4 Å². The molecule has 1 atom stereocenters. The minimum Gasteiger partial charge on any atom is -0.478 e. The van der Waals surface area contributed by atoms with Gasteiger partial charge in [0.2, 0.25) is 5.75 Å². The molecule has 22 heavy (non-hydrogen) atoms. The molecule has 2 rings (SSSR count). The number of rotatable bonds is 5. The summed E-state index contributed by atoms with van der Waals surface area (Å²) in [6, 6.07) is 9.91. The molecule has 0 saturated carbocycles. The van der Waals surface area contributed by atoms with Crippen LogP contribution in [0.5, 0.6) is 11.5 Å². The molecular formula is C13H10N2O6S. The number of benzene rings is 2. The zero-order chi connectivity index (χ0) is 16.3. The van der Waals surface area contributed by atoms with Crippen molar-refractivity contribution in [2.45, 2.75) is 4.90 Å². The van der Waals surface area contributed by atoms with E-state index in [1.807, 2.05) is 0 Å². The number of hydrogen-bond acceptors (Lipinski definition) is 5. The van der Waals surface area contributed by atoms with Gasteiger partial charge in [-0.15, -0.1) is 0 Å². The van der Waals surface area contributed by atoms with Crippen LogP contribution < -0.4 is 9.88 Å². The second-order valence-corrected chi connectivity index (χ2v) is 5.13. The number of nitrogens with zero attached hydrogens (tertiary/aromatic N) is 1. The highest BCUT2D eigenvalue weighted by Gasteiger charge is 2.26. The number of nitro groups is 1. The van der Waals surface area contributed by atoms with Crippen molar-refractivity contribution in [1.29, 1.82) is 0 Å². The van der Waals surface area contributed by atoms with Crippen LogP contribution in [-0.2, 0) is 11.0 Å². The van der Waals surface area contributed by atoms with Gasteiger partial charge in [-0.2, -0.15) is 0 Å². The zero-order valence-corrected chi connectivity index (χ0v) is 11.8. The van der Waals surface area contributed by atoms with E-state index in [0.717, 1.165) is 12.1 Å². The Labute approximate surface area is 126 Å². The number of carbonyl (C=O) groups is 1. The van der Waals surface area contributed by atoms with Crippen LogP contribution >= 0.6 is 0 Å². The van der Waals surface area contributed by atoms with E-state index >= 15 is 0 Å². The van der Waals surface area contributed by atoms with Crippen molar-refractivity contribution in [3.05, 3.63) is 58.1 Å². The topological polar surface area (TPSA) is 133 Å². The standard InChI is InChI=1S/C13H10N2O6S/c14-22(20)11-7-8(13(16)17)6-10(15(18)19)12(11)21-9-4-2-1-3-5-9/h1-7H,14H2,(H,16,17). The van der Waals surface area contributed by atoms with Crippen molar-refractivity contribution < 1.29 is 23.8 Å². The fraction of sp³-hybridized carbons (Fsp3) is 0. The molecule has 114 valence electrons. The number of ether oxygens (including phenoxy) is 1. The lowest BCUT2D eigenvalue weighted by Gasteiger charge is -2.10. The maximum Gasteiger partial charge on any atom is 0.335 e. The Morgan fingerprint density at radius 2 is 1.91 bits per heavy atom. The smallest absolute Gasteiger partial charge is 0.335 e. The zero-order valence-electron chi connectivity index (χ0n) is 11.0. The van der Waals surface area contributed by atoms with Crippen molar-refractivity contribution in [1.82, 2.24) is 0 Å². The second kappa shape index (κ2) is 6.33. The summed E-state index contributed by atoms with van der Waals surface area (Å²) in [6.07, 6.45) is 0. The predicted molar refractivity (Wildman–Crippen MR) is 77.2 cm³/mol. The van der Waals surface area contributed by atoms with E-state index in [4.69, 9.17) is 15.0 Å². The average Bonchev–Trinajstić information content (AvgIpc) is 2.47. The third kappa shape index (κ3) is 3.27. The molecule has 2 aromatic carbocycles. The van der Waals surface area contributed by atoms with Crippen molar-refractivity contribution in [3.8, 4) is 11.5 Å². The van der Waals surface area contributed by atoms with E-state index in [1.54, 1.807) is 18.2 Å². The summed E-state index contributed by atoms with van der Waals surface area (Å²) in [7, 11) is -2.16. The molecule has 9 heteroatoms. The van der Waals surface area contributed by atoms with Gasteiger partial charge >= 0.3 is 11.7 Å². The summed E-state index contributed by atoms with van der Waals surface area (Å²) in [6.45, 7) is 0. The number of carboxylic acid groups (broad SMARTS) is 1. The Morgan fingerprint density at radius 3 is 2.41 bits per heavy atom. The quantitative estimate of drug-likeness (QED) is 0.639. The maximum absolute atomic E-state index is 11.6. The highest BCUT2D eigenvalue weighted by Crippen LogP contribution is 2.37. The fourth-order valence-corrected chi connectivity index (χ4v) is 2.28. The summed E-state index contributed by atoms with van der Waals surface area (Å²) in [5.41, 5.74) is -1.03. The SMILES string of the molecule is NS(=O)c1cc(C(=O)O)cc([N+](=O)[O-])c1Oc1ccccc1. The molecule has 0 bridgehead atoms. The molecule has 0 fully saturated rings. The normalized spacial score (nSPS) is 11.7. The molecule has 1 unspecified atom stereocenters. The van der Waals surface area contributed by atoms with Crippen LogP contribution in [0.1, 0.15) is 10.4 Å². The molecule has 0 saturated heterocycles. The van der Waals surface area contributed by atoms with Gasteiger partial charge in [-0.3, -0.25) is 10.1 Å². The maximum atomic E-state index is 11.6. The molecule has 3 N–H and O–H groups in total. The van der Waals surface area contributed by atoms with Crippen molar-refractivity contribution >= 4 is 22.6 Å². The lowest BCUT2D eigenvalue weighted by atomic mass is 10.2. The van der Waals surface area contributed by atoms with E-state index in [0.29, 0.717) is 0 Å². The molecule has 0 aromatic heterocycles. The minimum absolute atomic E-state index is 0.264. The van der Waals surface area contributed by atoms with E-state index in [-0.39, 0.29) is 16.4 Å². The Bertz CT molecular complexity index is 727. The van der Waals surface area contributed by atoms with E-state index in [2.05, 4.69) is 0 Å². The summed E-state index contributed by atoms with van der Waals surface area (Å²) in [4.78, 5) is 21.1. The molecular weight excluding hydrogens is 312 g/mol. The van der Waals surface area contributed by atoms with Gasteiger partial charge in [0, 0.05) is 6.07 Å². The number of nitro benzene ring substituents is 1. The summed E-state index contributed by atoms with van der Waals surface area (Å²) in [5.74, 6) is -1.48. The van der Waals surface area contributed by atoms with Crippen molar-refractivity contribution in [3.63, 3.8) is 0 Å². The number of carboxylic acids is 1. The largest absolute Gasteiger partial charge is 0.478 e. The minimum atomic E-state index is -2.16. The van der Waals surface area contributed by atoms with Crippen LogP contribution in [0.2, 0.25) is 0 Å². The first kappa shape index (κ1) is 15.6. The number of aromatic carboxylic acids is 1. The molecule has 0 amide bonds. The molecule has 2 aromatic rings. The third-order valence-electron chi connectivity index (χ3n) is 2.66. The highest BCUT2D eigenvalue weighted by molar-refractivity contribution is 7.82. The number of para-hydroxylation sites is 1. The lowest BCUT2D eigenvalue weighted by Crippen LogP contribution is -2.09. The summed E-state index contributed by atoms with van der Waals surface area (Å²) in [5, 5.41) is 25.4. The van der Waals surface area contributed by atoms with Gasteiger partial charge in [0.15, 0.2) is 0 Å². The molecule has 0 aliphatic carbocycles. The van der Waals surface area contributed by atoms with Crippen LogP contribution in [0, 0.1) is 10.1 Å². The van der Waals surface area contributed by atoms with Gasteiger partial charge < -0.3 is 9.84 Å². The average molecular weight is 322 g/mol. The van der Waals surface area contributed by atoms with Crippen LogP contribution in [-0.4, -0.2) is 20.2 Å². The first-order valence-corrected chi connectivity index (χ1v) is 7.06. The van der Waals surface area contributed by atoms with Gasteiger partial charge in [0.1, 0.15) is 21.6 Å². The molecule has 8 nitrogen and oxygen atoms in total. The Morgan fingerprint density at radius 1 is 1.27 bits per heavy atom. The van der Waals surface area contributed by atoms with E-state index < -0.39 is 33.1 Å². The lowest BCUT2D eigenvalue weighted by molar-refractivity contribution is -0.385. The van der Waals surface area contributed by atoms with Gasteiger partial charge in [0.05, 0.1) is 10.5 Å². The molecule has 0 aliphatic rings. The summed E-state index contributed by atoms with van der Waals surface area (Å²) >= 11 is 0. The Kier molecular flexibility index (Phi) is 4.49. The van der Waals surface area contributed by atoms with E-state index in [9.17, 15) is 19.1 Å². The highest BCUT2D eigenvalue weighted by atomic mass is 32.2. The Hall–Kier alpha value is -2.78. The van der Waals surface area contributed by atoms with Crippen LogP contribution in [0.4, 0.5) is 5.69 Å². The molecule has 0 radical (unpaired) electrons. The second-order valence-electron chi connectivity index (χ2n) is 4.10. The Balaban J connectivity index is 2.66. The van der Waals surface area contributed by atoms with Gasteiger partial charge in [-0.1, -0.05) is 18.2 Å². The first-order chi connectivity index (χ1) is 10.4. The molecule has 0 heterocycles. The van der Waals surface area contributed by atoms with Crippen molar-refractivity contribution in [2.24, 2.45) is 5.14 Å². The van der Waals surface area contributed by atoms with Crippen molar-refractivity contribution in [2.75, 3.05) is 0 Å². The first-order valence-electron chi connectivity index (χ1n) is 5.85. The number of hydrogen-bond donors (Lipinski definition) is 2. The summed E-state index contributed by atoms with van der Waals surface area (Å²) < 4.78 is 17.0. The van der Waals surface area contributed by atoms with Gasteiger partial charge in [0.25, 0.3) is 0 Å². The van der Waals surface area contributed by atoms with Gasteiger partial charge in [-0.05, 0) is 18.2 Å². The number of nitrogens with two attached hydrogens (primary N) is 1. The molecule has 0 aliphatic heterocycles. The monoisotopic (exact) mass is 322 g/mol. The van der Waals surface area contributed by atoms with E-state index in [1.165, 1.54) is 12.1 Å². The van der Waals surface area contributed by atoms with Crippen LogP contribution in [0.3, 0.4) is 0 Å². The van der Waals surface area contributed by atoms with Crippen LogP contribution in [0.25, 0.3) is 0 Å².